The van der Waals surface area contributed by atoms with Gasteiger partial charge >= 0.3 is 0 Å². The molecule has 0 amide bonds. The summed E-state index contributed by atoms with van der Waals surface area (Å²) in [6, 6.07) is 3.21. The molecule has 0 aliphatic rings. The third-order valence-electron chi connectivity index (χ3n) is 1.90. The van der Waals surface area contributed by atoms with Crippen molar-refractivity contribution in [2.75, 3.05) is 5.73 Å². The zero-order chi connectivity index (χ0) is 11.0. The van der Waals surface area contributed by atoms with E-state index in [9.17, 15) is 8.78 Å². The predicted octanol–water partition coefficient (Wildman–Crippen LogP) is 2.50. The maximum absolute atomic E-state index is 13.4. The summed E-state index contributed by atoms with van der Waals surface area (Å²) >= 11 is 3.15. The average Bonchev–Trinajstić information content (AvgIpc) is 2.49. The molecule has 2 aromatic rings. The van der Waals surface area contributed by atoms with Gasteiger partial charge in [0, 0.05) is 6.07 Å². The normalized spacial score (nSPS) is 10.6. The molecule has 0 aliphatic heterocycles. The van der Waals surface area contributed by atoms with E-state index < -0.39 is 11.6 Å². The number of nitrogens with zero attached hydrogens (tertiary/aromatic N) is 2. The minimum atomic E-state index is -0.711. The van der Waals surface area contributed by atoms with E-state index in [2.05, 4.69) is 21.0 Å². The molecule has 3 nitrogen and oxygen atoms in total. The number of benzene rings is 1. The maximum Gasteiger partial charge on any atom is 0.151 e. The Hall–Kier alpha value is -1.43. The van der Waals surface area contributed by atoms with Gasteiger partial charge in [0.15, 0.2) is 5.82 Å². The Morgan fingerprint density at radius 1 is 1.33 bits per heavy atom. The first-order valence-electron chi connectivity index (χ1n) is 4.04. The van der Waals surface area contributed by atoms with Crippen molar-refractivity contribution in [3.63, 3.8) is 0 Å². The summed E-state index contributed by atoms with van der Waals surface area (Å²) < 4.78 is 27.8. The van der Waals surface area contributed by atoms with Crippen molar-refractivity contribution < 1.29 is 8.78 Å². The van der Waals surface area contributed by atoms with E-state index in [4.69, 9.17) is 5.73 Å². The van der Waals surface area contributed by atoms with Gasteiger partial charge in [-0.3, -0.25) is 0 Å². The van der Waals surface area contributed by atoms with Gasteiger partial charge in [-0.2, -0.15) is 5.10 Å². The summed E-state index contributed by atoms with van der Waals surface area (Å²) in [7, 11) is 0. The molecule has 0 spiro atoms. The second kappa shape index (κ2) is 3.62. The van der Waals surface area contributed by atoms with Gasteiger partial charge in [-0.25, -0.2) is 13.5 Å². The Labute approximate surface area is 92.6 Å². The summed E-state index contributed by atoms with van der Waals surface area (Å²) in [5.74, 6) is -1.08. The molecular formula is C9H6BrF2N3. The van der Waals surface area contributed by atoms with Crippen LogP contribution in [0.2, 0.25) is 0 Å². The van der Waals surface area contributed by atoms with Gasteiger partial charge < -0.3 is 5.73 Å². The van der Waals surface area contributed by atoms with E-state index >= 15 is 0 Å². The number of anilines is 1. The molecule has 78 valence electrons. The van der Waals surface area contributed by atoms with E-state index in [0.29, 0.717) is 4.47 Å². The Morgan fingerprint density at radius 3 is 2.60 bits per heavy atom. The zero-order valence-corrected chi connectivity index (χ0v) is 9.00. The van der Waals surface area contributed by atoms with Crippen LogP contribution in [0, 0.1) is 11.6 Å². The molecule has 0 fully saturated rings. The smallest absolute Gasteiger partial charge is 0.151 e. The number of hydrogen-bond donors (Lipinski definition) is 1. The van der Waals surface area contributed by atoms with Crippen molar-refractivity contribution in [2.45, 2.75) is 0 Å². The van der Waals surface area contributed by atoms with Crippen molar-refractivity contribution in [1.29, 1.82) is 0 Å². The van der Waals surface area contributed by atoms with E-state index in [1.54, 1.807) is 0 Å². The fourth-order valence-electron chi connectivity index (χ4n) is 1.18. The molecule has 0 bridgehead atoms. The van der Waals surface area contributed by atoms with E-state index in [-0.39, 0.29) is 11.5 Å². The lowest BCUT2D eigenvalue weighted by Gasteiger charge is -2.05. The quantitative estimate of drug-likeness (QED) is 0.868. The second-order valence-electron chi connectivity index (χ2n) is 2.89. The minimum absolute atomic E-state index is 0.111. The number of nitrogen functional groups attached to an aromatic ring is 1. The van der Waals surface area contributed by atoms with E-state index in [1.165, 1.54) is 16.9 Å². The topological polar surface area (TPSA) is 43.8 Å². The van der Waals surface area contributed by atoms with Crippen molar-refractivity contribution in [1.82, 2.24) is 9.78 Å². The molecule has 0 saturated carbocycles. The van der Waals surface area contributed by atoms with E-state index in [0.717, 1.165) is 12.1 Å². The second-order valence-corrected chi connectivity index (χ2v) is 3.74. The number of halogens is 3. The van der Waals surface area contributed by atoms with Crippen LogP contribution in [-0.2, 0) is 0 Å². The molecule has 0 atom stereocenters. The SMILES string of the molecule is Nc1c(Br)cnn1-c1ccc(F)cc1F. The van der Waals surface area contributed by atoms with Gasteiger partial charge in [0.05, 0.1) is 10.7 Å². The van der Waals surface area contributed by atoms with Crippen LogP contribution < -0.4 is 5.73 Å². The van der Waals surface area contributed by atoms with Crippen LogP contribution in [0.5, 0.6) is 0 Å². The largest absolute Gasteiger partial charge is 0.383 e. The molecule has 1 aromatic heterocycles. The Morgan fingerprint density at radius 2 is 2.07 bits per heavy atom. The molecule has 2 rings (SSSR count). The fourth-order valence-corrected chi connectivity index (χ4v) is 1.44. The van der Waals surface area contributed by atoms with Gasteiger partial charge in [0.25, 0.3) is 0 Å². The third-order valence-corrected chi connectivity index (χ3v) is 2.51. The number of nitrogens with two attached hydrogens (primary N) is 1. The third kappa shape index (κ3) is 1.72. The summed E-state index contributed by atoms with van der Waals surface area (Å²) in [6.07, 6.45) is 1.44. The van der Waals surface area contributed by atoms with Crippen molar-refractivity contribution in [3.8, 4) is 5.69 Å². The molecule has 1 aromatic carbocycles. The molecule has 0 unspecified atom stereocenters. The maximum atomic E-state index is 13.4. The highest BCUT2D eigenvalue weighted by Gasteiger charge is 2.11. The summed E-state index contributed by atoms with van der Waals surface area (Å²) in [5.41, 5.74) is 5.75. The Balaban J connectivity index is 2.59. The molecule has 0 radical (unpaired) electrons. The molecule has 15 heavy (non-hydrogen) atoms. The van der Waals surface area contributed by atoms with Crippen LogP contribution in [-0.4, -0.2) is 9.78 Å². The number of rotatable bonds is 1. The predicted molar refractivity (Wildman–Crippen MR) is 55.6 cm³/mol. The lowest BCUT2D eigenvalue weighted by atomic mass is 10.3. The number of aromatic nitrogens is 2. The lowest BCUT2D eigenvalue weighted by Crippen LogP contribution is -2.04. The Bertz CT molecular complexity index is 510. The summed E-state index contributed by atoms with van der Waals surface area (Å²) in [5, 5.41) is 3.86. The first kappa shape index (κ1) is 10.1. The molecular weight excluding hydrogens is 268 g/mol. The first-order valence-corrected chi connectivity index (χ1v) is 4.83. The highest BCUT2D eigenvalue weighted by Crippen LogP contribution is 2.23. The monoisotopic (exact) mass is 273 g/mol. The van der Waals surface area contributed by atoms with E-state index in [1.807, 2.05) is 0 Å². The van der Waals surface area contributed by atoms with Crippen LogP contribution in [0.4, 0.5) is 14.6 Å². The molecule has 0 saturated heterocycles. The average molecular weight is 274 g/mol. The molecule has 6 heteroatoms. The standard InChI is InChI=1S/C9H6BrF2N3/c10-6-4-14-15(9(6)13)8-2-1-5(11)3-7(8)12/h1-4H,13H2. The van der Waals surface area contributed by atoms with Gasteiger partial charge in [-0.15, -0.1) is 0 Å². The minimum Gasteiger partial charge on any atom is -0.383 e. The van der Waals surface area contributed by atoms with Gasteiger partial charge in [0.2, 0.25) is 0 Å². The van der Waals surface area contributed by atoms with Gasteiger partial charge in [-0.05, 0) is 28.1 Å². The highest BCUT2D eigenvalue weighted by molar-refractivity contribution is 9.10. The Kier molecular flexibility index (Phi) is 2.44. The first-order chi connectivity index (χ1) is 7.09. The molecule has 1 heterocycles. The number of hydrogen-bond acceptors (Lipinski definition) is 2. The van der Waals surface area contributed by atoms with Crippen LogP contribution in [0.25, 0.3) is 5.69 Å². The lowest BCUT2D eigenvalue weighted by molar-refractivity contribution is 0.574. The summed E-state index contributed by atoms with van der Waals surface area (Å²) in [6.45, 7) is 0. The van der Waals surface area contributed by atoms with Crippen LogP contribution in [0.3, 0.4) is 0 Å². The highest BCUT2D eigenvalue weighted by atomic mass is 79.9. The van der Waals surface area contributed by atoms with Crippen LogP contribution >= 0.6 is 15.9 Å². The van der Waals surface area contributed by atoms with Crippen molar-refractivity contribution >= 4 is 21.7 Å². The van der Waals surface area contributed by atoms with Gasteiger partial charge in [0.1, 0.15) is 17.3 Å². The van der Waals surface area contributed by atoms with Crippen LogP contribution in [0.1, 0.15) is 0 Å². The van der Waals surface area contributed by atoms with Gasteiger partial charge in [-0.1, -0.05) is 0 Å². The molecule has 2 N–H and O–H groups in total. The fraction of sp³-hybridized carbons (Fsp3) is 0. The molecule has 0 aliphatic carbocycles. The van der Waals surface area contributed by atoms with Crippen LogP contribution in [0.15, 0.2) is 28.9 Å². The van der Waals surface area contributed by atoms with Crippen molar-refractivity contribution in [2.24, 2.45) is 0 Å². The van der Waals surface area contributed by atoms with Crippen molar-refractivity contribution in [3.05, 3.63) is 40.5 Å². The summed E-state index contributed by atoms with van der Waals surface area (Å²) in [4.78, 5) is 0. The zero-order valence-electron chi connectivity index (χ0n) is 7.42.